The molecule has 2 nitrogen and oxygen atoms in total. The van der Waals surface area contributed by atoms with Gasteiger partial charge in [-0.15, -0.1) is 12.3 Å². The van der Waals surface area contributed by atoms with Crippen LogP contribution in [0.25, 0.3) is 0 Å². The molecule has 0 amide bonds. The maximum absolute atomic E-state index is 4.25. The highest BCUT2D eigenvalue weighted by molar-refractivity contribution is 6.31. The van der Waals surface area contributed by atoms with E-state index in [1.54, 1.807) is 21.3 Å². The van der Waals surface area contributed by atoms with Crippen molar-refractivity contribution in [3.63, 3.8) is 0 Å². The molecular formula is C8H25NOSi2. The Labute approximate surface area is 83.4 Å². The first-order chi connectivity index (χ1) is 5.66. The smallest absolute Gasteiger partial charge is 0.0351 e. The van der Waals surface area contributed by atoms with Gasteiger partial charge in [0.2, 0.25) is 0 Å². The molecule has 0 spiro atoms. The number of nitrogens with zero attached hydrogens (tertiary/aromatic N) is 1. The van der Waals surface area contributed by atoms with Crippen LogP contribution in [0.4, 0.5) is 0 Å². The Kier molecular flexibility index (Phi) is 135. The minimum absolute atomic E-state index is 0.417. The number of hydrogen-bond donors (Lipinski definition) is 0. The quantitative estimate of drug-likeness (QED) is 0.414. The predicted octanol–water partition coefficient (Wildman–Crippen LogP) is 0.326. The third-order valence-corrected chi connectivity index (χ3v) is 0. The van der Waals surface area contributed by atoms with Crippen LogP contribution < -0.4 is 0 Å². The zero-order chi connectivity index (χ0) is 10.8. The van der Waals surface area contributed by atoms with E-state index in [4.69, 9.17) is 0 Å². The van der Waals surface area contributed by atoms with Crippen molar-refractivity contribution >= 4 is 26.5 Å². The summed E-state index contributed by atoms with van der Waals surface area (Å²) in [4.78, 5) is 3.25. The van der Waals surface area contributed by atoms with Crippen molar-refractivity contribution in [2.75, 3.05) is 21.3 Å². The molecule has 0 heterocycles. The molecule has 4 heteroatoms. The van der Waals surface area contributed by atoms with Gasteiger partial charge in [-0.1, -0.05) is 13.1 Å². The minimum Gasteiger partial charge on any atom is -0.388 e. The molecule has 0 radical (unpaired) electrons. The van der Waals surface area contributed by atoms with E-state index in [2.05, 4.69) is 36.1 Å². The van der Waals surface area contributed by atoms with Gasteiger partial charge >= 0.3 is 0 Å². The van der Waals surface area contributed by atoms with Gasteiger partial charge in [-0.3, -0.25) is 0 Å². The lowest BCUT2D eigenvalue weighted by Gasteiger charge is -1.61. The SMILES string of the molecule is C=C[SiH3].C=NC.COC.C[SiH2]C. The second kappa shape index (κ2) is 71.8. The molecule has 0 unspecified atom stereocenters. The molecule has 0 saturated heterocycles. The number of aliphatic imine (C=N–C) groups is 1. The van der Waals surface area contributed by atoms with Crippen LogP contribution in [0.1, 0.15) is 0 Å². The Hall–Kier alpha value is -0.196. The number of methoxy groups -OCH3 is 1. The van der Waals surface area contributed by atoms with Crippen LogP contribution in [-0.2, 0) is 4.74 Å². The van der Waals surface area contributed by atoms with E-state index < -0.39 is 0 Å². The van der Waals surface area contributed by atoms with E-state index in [-0.39, 0.29) is 0 Å². The lowest BCUT2D eigenvalue weighted by molar-refractivity contribution is 0.277. The lowest BCUT2D eigenvalue weighted by atomic mass is 11.3. The van der Waals surface area contributed by atoms with Crippen molar-refractivity contribution in [2.45, 2.75) is 13.1 Å². The molecule has 76 valence electrons. The fourth-order valence-corrected chi connectivity index (χ4v) is 0. The second-order valence-electron chi connectivity index (χ2n) is 1.84. The molecule has 0 bridgehead atoms. The van der Waals surface area contributed by atoms with Crippen LogP contribution >= 0.6 is 0 Å². The summed E-state index contributed by atoms with van der Waals surface area (Å²) in [5.74, 6) is 0. The molecule has 0 atom stereocenters. The fourth-order valence-electron chi connectivity index (χ4n) is 0. The average molecular weight is 207 g/mol. The van der Waals surface area contributed by atoms with Gasteiger partial charge in [-0.05, 0) is 6.72 Å². The topological polar surface area (TPSA) is 21.6 Å². The Morgan fingerprint density at radius 1 is 1.42 bits per heavy atom. The van der Waals surface area contributed by atoms with E-state index in [1.807, 2.05) is 5.70 Å². The summed E-state index contributed by atoms with van der Waals surface area (Å²) in [6.07, 6.45) is 0. The lowest BCUT2D eigenvalue weighted by Crippen LogP contribution is -1.55. The normalized spacial score (nSPS) is 5.42. The van der Waals surface area contributed by atoms with E-state index in [0.29, 0.717) is 9.52 Å². The van der Waals surface area contributed by atoms with Crippen molar-refractivity contribution in [2.24, 2.45) is 4.99 Å². The van der Waals surface area contributed by atoms with Crippen LogP contribution in [-0.4, -0.2) is 47.7 Å². The summed E-state index contributed by atoms with van der Waals surface area (Å²) >= 11 is 0. The van der Waals surface area contributed by atoms with Crippen LogP contribution in [0.15, 0.2) is 17.3 Å². The van der Waals surface area contributed by atoms with Gasteiger partial charge in [0.25, 0.3) is 0 Å². The Morgan fingerprint density at radius 2 is 1.42 bits per heavy atom. The summed E-state index contributed by atoms with van der Waals surface area (Å²) in [6, 6.07) is 0. The van der Waals surface area contributed by atoms with Gasteiger partial charge in [0.1, 0.15) is 0 Å². The third-order valence-electron chi connectivity index (χ3n) is 0. The third kappa shape index (κ3) is 19700. The van der Waals surface area contributed by atoms with Crippen molar-refractivity contribution in [1.82, 2.24) is 0 Å². The van der Waals surface area contributed by atoms with E-state index in [1.165, 1.54) is 0 Å². The van der Waals surface area contributed by atoms with Crippen LogP contribution in [0.5, 0.6) is 0 Å². The van der Waals surface area contributed by atoms with E-state index in [0.717, 1.165) is 10.2 Å². The predicted molar refractivity (Wildman–Crippen MR) is 68.8 cm³/mol. The van der Waals surface area contributed by atoms with Gasteiger partial charge < -0.3 is 9.73 Å². The summed E-state index contributed by atoms with van der Waals surface area (Å²) in [5, 5.41) is 0. The molecule has 0 aliphatic carbocycles. The standard InChI is InChI=1S/C2H5N.C2H6O.C2H8Si.C2H6Si/c3*1-3-2;1-2-3/h1H2,2H3;1-2H3;3H2,1-2H3;2H,1H2,3H3. The average Bonchev–Trinajstić information content (AvgIpc) is 1.92. The van der Waals surface area contributed by atoms with E-state index >= 15 is 0 Å². The molecule has 0 aliphatic heterocycles. The molecule has 0 rings (SSSR count). The summed E-state index contributed by atoms with van der Waals surface area (Å²) in [6.45, 7) is 11.1. The Morgan fingerprint density at radius 3 is 1.42 bits per heavy atom. The maximum Gasteiger partial charge on any atom is 0.0351 e. The van der Waals surface area contributed by atoms with Gasteiger partial charge in [-0.2, -0.15) is 0 Å². The van der Waals surface area contributed by atoms with Crippen LogP contribution in [0.2, 0.25) is 13.1 Å². The highest BCUT2D eigenvalue weighted by Gasteiger charge is 1.38. The Bertz CT molecular complexity index is 53.0. The van der Waals surface area contributed by atoms with Gasteiger partial charge in [0.05, 0.1) is 0 Å². The highest BCUT2D eigenvalue weighted by atomic mass is 28.2. The van der Waals surface area contributed by atoms with Crippen molar-refractivity contribution in [3.05, 3.63) is 12.3 Å². The molecule has 0 N–H and O–H groups in total. The van der Waals surface area contributed by atoms with Gasteiger partial charge in [0, 0.05) is 41.0 Å². The fraction of sp³-hybridized carbons (Fsp3) is 0.625. The second-order valence-corrected chi connectivity index (χ2v) is 4.07. The summed E-state index contributed by atoms with van der Waals surface area (Å²) in [5.41, 5.74) is 1.89. The molecule has 0 aromatic carbocycles. The minimum atomic E-state index is 0.417. The van der Waals surface area contributed by atoms with Crippen LogP contribution in [0, 0.1) is 0 Å². The molecule has 0 aromatic rings. The molecule has 0 fully saturated rings. The summed E-state index contributed by atoms with van der Waals surface area (Å²) in [7, 11) is 6.44. The zero-order valence-electron chi connectivity index (χ0n) is 9.55. The number of ether oxygens (including phenoxy) is 1. The van der Waals surface area contributed by atoms with Crippen molar-refractivity contribution < 1.29 is 4.74 Å². The first-order valence-electron chi connectivity index (χ1n) is 3.98. The zero-order valence-corrected chi connectivity index (χ0v) is 13.0. The number of hydrogen-bond acceptors (Lipinski definition) is 2. The van der Waals surface area contributed by atoms with Gasteiger partial charge in [-0.25, -0.2) is 0 Å². The largest absolute Gasteiger partial charge is 0.388 e. The van der Waals surface area contributed by atoms with Gasteiger partial charge in [0.15, 0.2) is 0 Å². The monoisotopic (exact) mass is 207 g/mol. The summed E-state index contributed by atoms with van der Waals surface area (Å²) < 4.78 is 4.25. The molecule has 0 aromatic heterocycles. The molecule has 0 saturated carbocycles. The first-order valence-corrected chi connectivity index (χ1v) is 7.96. The van der Waals surface area contributed by atoms with E-state index in [9.17, 15) is 0 Å². The number of rotatable bonds is 0. The Balaban J connectivity index is -0.0000000356. The first kappa shape index (κ1) is 22.6. The molecular weight excluding hydrogens is 182 g/mol. The van der Waals surface area contributed by atoms with Crippen LogP contribution in [0.3, 0.4) is 0 Å². The highest BCUT2D eigenvalue weighted by Crippen LogP contribution is 1.36. The maximum atomic E-state index is 4.25. The molecule has 12 heavy (non-hydrogen) atoms. The van der Waals surface area contributed by atoms with Crippen molar-refractivity contribution in [3.8, 4) is 0 Å². The van der Waals surface area contributed by atoms with Crippen molar-refractivity contribution in [1.29, 1.82) is 0 Å². The molecule has 0 aliphatic rings.